The average molecular weight is 302 g/mol. The second-order valence-corrected chi connectivity index (χ2v) is 2.38. The minimum atomic E-state index is -1.37. The third-order valence-corrected chi connectivity index (χ3v) is 1.48. The van der Waals surface area contributed by atoms with Crippen LogP contribution in [-0.4, -0.2) is 61.5 Å². The molecule has 0 N–H and O–H groups in total. The van der Waals surface area contributed by atoms with E-state index in [9.17, 15) is 25.0 Å². The van der Waals surface area contributed by atoms with E-state index in [-0.39, 0.29) is 45.5 Å². The molecular weight excluding hydrogens is 296 g/mol. The van der Waals surface area contributed by atoms with Crippen molar-refractivity contribution in [3.05, 3.63) is 50.1 Å². The fourth-order valence-corrected chi connectivity index (χ4v) is 0.922. The fraction of sp³-hybridized carbons (Fsp3) is 0. The quantitative estimate of drug-likeness (QED) is 0.442. The molecule has 9 heteroatoms. The average Bonchev–Trinajstić information content (AvgIpc) is 2.16. The number of para-hydroxylation sites is 1. The van der Waals surface area contributed by atoms with Gasteiger partial charge in [-0.3, -0.25) is 14.9 Å². The van der Waals surface area contributed by atoms with Crippen molar-refractivity contribution in [3.63, 3.8) is 0 Å². The summed E-state index contributed by atoms with van der Waals surface area (Å²) in [6.07, 6.45) is 0. The van der Waals surface area contributed by atoms with Gasteiger partial charge in [0.2, 0.25) is 0 Å². The molecule has 0 unspecified atom stereocenters. The molecule has 82 valence electrons. The van der Waals surface area contributed by atoms with Gasteiger partial charge in [-0.15, -0.1) is 10.1 Å². The molecule has 1 rings (SSSR count). The predicted octanol–water partition coefficient (Wildman–Crippen LogP) is 0.0271. The number of nitrogens with zero attached hydrogens (tertiary/aromatic N) is 2. The molecule has 0 radical (unpaired) electrons. The van der Waals surface area contributed by atoms with Gasteiger partial charge in [-0.25, -0.2) is 4.84 Å². The van der Waals surface area contributed by atoms with Gasteiger partial charge in [0.05, 0.1) is 4.92 Å². The number of nitro benzene ring substituents is 1. The van der Waals surface area contributed by atoms with Crippen molar-refractivity contribution in [2.24, 2.45) is 0 Å². The van der Waals surface area contributed by atoms with Crippen LogP contribution in [0.25, 0.3) is 0 Å². The molecule has 0 atom stereocenters. The summed E-state index contributed by atoms with van der Waals surface area (Å²) in [5.74, 6) is -1.37. The van der Waals surface area contributed by atoms with Crippen molar-refractivity contribution in [1.82, 2.24) is 0 Å². The summed E-state index contributed by atoms with van der Waals surface area (Å²) in [5.41, 5.74) is -0.997. The second kappa shape index (κ2) is 6.53. The van der Waals surface area contributed by atoms with Crippen molar-refractivity contribution in [1.29, 1.82) is 0 Å². The molecule has 0 aliphatic rings. The van der Waals surface area contributed by atoms with Gasteiger partial charge in [-0.1, -0.05) is 12.1 Å². The van der Waals surface area contributed by atoms with E-state index in [2.05, 4.69) is 4.84 Å². The van der Waals surface area contributed by atoms with Crippen molar-refractivity contribution < 1.29 is 19.6 Å². The normalized spacial score (nSPS) is 8.75. The third kappa shape index (κ3) is 3.85. The molecule has 0 spiro atoms. The summed E-state index contributed by atoms with van der Waals surface area (Å²) < 4.78 is 0. The Balaban J connectivity index is 0.00000225. The maximum atomic E-state index is 11.0. The number of nitro groups is 1. The van der Waals surface area contributed by atoms with Crippen molar-refractivity contribution in [2.45, 2.75) is 0 Å². The third-order valence-electron chi connectivity index (χ3n) is 1.48. The SMILES string of the molecule is O=C(O[N+](=O)[O-])c1ccccc1[N+](=O)[O-].[SrH2]. The zero-order valence-electron chi connectivity index (χ0n) is 7.15. The van der Waals surface area contributed by atoms with E-state index in [0.29, 0.717) is 0 Å². The zero-order chi connectivity index (χ0) is 11.4. The van der Waals surface area contributed by atoms with Gasteiger partial charge < -0.3 is 0 Å². The Hall–Kier alpha value is -1.03. The van der Waals surface area contributed by atoms with Crippen molar-refractivity contribution in [2.75, 3.05) is 0 Å². The van der Waals surface area contributed by atoms with Gasteiger partial charge in [-0.05, 0) is 6.07 Å². The van der Waals surface area contributed by atoms with E-state index >= 15 is 0 Å². The summed E-state index contributed by atoms with van der Waals surface area (Å²) in [4.78, 5) is 34.1. The van der Waals surface area contributed by atoms with E-state index in [4.69, 9.17) is 0 Å². The van der Waals surface area contributed by atoms with E-state index in [1.54, 1.807) is 0 Å². The molecule has 0 heterocycles. The minimum absolute atomic E-state index is 0. The first-order chi connectivity index (χ1) is 7.02. The van der Waals surface area contributed by atoms with Crippen LogP contribution in [0.15, 0.2) is 24.3 Å². The second-order valence-electron chi connectivity index (χ2n) is 2.38. The predicted molar refractivity (Wildman–Crippen MR) is 54.1 cm³/mol. The van der Waals surface area contributed by atoms with E-state index in [0.717, 1.165) is 12.1 Å². The standard InChI is InChI=1S/C7H4N2O6.Sr.2H/c10-7(15-9(13)14)5-3-1-2-4-6(5)8(11)12;;;/h1-4H;;;. The van der Waals surface area contributed by atoms with Crippen molar-refractivity contribution in [3.8, 4) is 0 Å². The number of hydrogen-bond donors (Lipinski definition) is 0. The number of hydrogen-bond acceptors (Lipinski definition) is 6. The Morgan fingerprint density at radius 3 is 2.25 bits per heavy atom. The summed E-state index contributed by atoms with van der Waals surface area (Å²) in [7, 11) is 0. The van der Waals surface area contributed by atoms with E-state index in [1.807, 2.05) is 0 Å². The number of benzene rings is 1. The van der Waals surface area contributed by atoms with Crippen LogP contribution in [0.2, 0.25) is 0 Å². The van der Waals surface area contributed by atoms with Gasteiger partial charge in [-0.2, -0.15) is 0 Å². The van der Waals surface area contributed by atoms with Gasteiger partial charge in [0.1, 0.15) is 5.56 Å². The molecule has 0 saturated heterocycles. The number of carbonyl (C=O) groups is 1. The monoisotopic (exact) mass is 302 g/mol. The summed E-state index contributed by atoms with van der Waals surface area (Å²) in [5, 5.41) is 19.0. The molecular formula is C7H6N2O6Sr. The molecule has 1 aromatic rings. The van der Waals surface area contributed by atoms with Crippen molar-refractivity contribution >= 4 is 57.1 Å². The number of carbonyl (C=O) groups excluding carboxylic acids is 1. The molecule has 0 amide bonds. The van der Waals surface area contributed by atoms with Crippen LogP contribution in [0.1, 0.15) is 10.4 Å². The fourth-order valence-electron chi connectivity index (χ4n) is 0.922. The Kier molecular flexibility index (Phi) is 6.11. The molecule has 0 saturated carbocycles. The van der Waals surface area contributed by atoms with Crippen LogP contribution in [0, 0.1) is 20.2 Å². The molecule has 0 aliphatic heterocycles. The molecule has 0 aromatic heterocycles. The molecule has 0 bridgehead atoms. The van der Waals surface area contributed by atoms with Gasteiger partial charge >= 0.3 is 56.5 Å². The first-order valence-corrected chi connectivity index (χ1v) is 3.62. The molecule has 0 fully saturated rings. The van der Waals surface area contributed by atoms with E-state index in [1.165, 1.54) is 12.1 Å². The topological polar surface area (TPSA) is 113 Å². The Labute approximate surface area is 126 Å². The number of rotatable bonds is 3. The van der Waals surface area contributed by atoms with Crippen LogP contribution < -0.4 is 0 Å². The molecule has 1 aromatic carbocycles. The molecule has 8 nitrogen and oxygen atoms in total. The Morgan fingerprint density at radius 2 is 1.75 bits per heavy atom. The first kappa shape index (κ1) is 15.0. The van der Waals surface area contributed by atoms with Crippen LogP contribution in [0.4, 0.5) is 5.69 Å². The summed E-state index contributed by atoms with van der Waals surface area (Å²) in [6.45, 7) is 0. The van der Waals surface area contributed by atoms with Crippen LogP contribution in [0.5, 0.6) is 0 Å². The Bertz CT molecular complexity index is 435. The van der Waals surface area contributed by atoms with Gasteiger partial charge in [0, 0.05) is 6.07 Å². The zero-order valence-corrected chi connectivity index (χ0v) is 7.15. The van der Waals surface area contributed by atoms with Crippen LogP contribution >= 0.6 is 0 Å². The van der Waals surface area contributed by atoms with E-state index < -0.39 is 27.2 Å². The van der Waals surface area contributed by atoms with Crippen LogP contribution in [0.3, 0.4) is 0 Å². The Morgan fingerprint density at radius 1 is 1.19 bits per heavy atom. The molecule has 16 heavy (non-hydrogen) atoms. The van der Waals surface area contributed by atoms with Gasteiger partial charge in [0.15, 0.2) is 0 Å². The summed E-state index contributed by atoms with van der Waals surface area (Å²) in [6, 6.07) is 4.80. The summed E-state index contributed by atoms with van der Waals surface area (Å²) >= 11 is 0. The van der Waals surface area contributed by atoms with Gasteiger partial charge in [0.25, 0.3) is 5.69 Å². The molecule has 0 aliphatic carbocycles. The van der Waals surface area contributed by atoms with Crippen LogP contribution in [-0.2, 0) is 4.84 Å². The first-order valence-electron chi connectivity index (χ1n) is 3.62. The maximum absolute atomic E-state index is 11.0.